The molecule has 0 aliphatic rings. The number of halogens is 1. The molecule has 0 amide bonds. The fourth-order valence-electron chi connectivity index (χ4n) is 1.21. The van der Waals surface area contributed by atoms with Crippen LogP contribution in [0.1, 0.15) is 5.69 Å². The van der Waals surface area contributed by atoms with Crippen molar-refractivity contribution in [1.29, 1.82) is 0 Å². The first kappa shape index (κ1) is 10.6. The van der Waals surface area contributed by atoms with E-state index in [0.29, 0.717) is 0 Å². The van der Waals surface area contributed by atoms with Gasteiger partial charge in [0.05, 0.1) is 10.5 Å². The van der Waals surface area contributed by atoms with Crippen molar-refractivity contribution >= 4 is 42.3 Å². The number of aromatic nitrogens is 1. The number of benzene rings is 1. The summed E-state index contributed by atoms with van der Waals surface area (Å²) in [6, 6.07) is 9.81. The first-order chi connectivity index (χ1) is 5.77. The van der Waals surface area contributed by atoms with Gasteiger partial charge in [0.25, 0.3) is 0 Å². The Morgan fingerprint density at radius 3 is 2.69 bits per heavy atom. The molecule has 2 rings (SSSR count). The fraction of sp³-hybridized carbons (Fsp3) is 0.100. The molecule has 0 radical (unpaired) electrons. The Hall–Kier alpha value is -0.444. The Balaban J connectivity index is 0.000000845. The molecule has 1 aromatic carbocycles. The second-order valence-electron chi connectivity index (χ2n) is 2.76. The van der Waals surface area contributed by atoms with E-state index in [1.54, 1.807) is 0 Å². The topological polar surface area (TPSA) is 12.9 Å². The van der Waals surface area contributed by atoms with Gasteiger partial charge in [0.15, 0.2) is 0 Å². The first-order valence-corrected chi connectivity index (χ1v) is 4.17. The molecule has 2 aromatic rings. The van der Waals surface area contributed by atoms with Crippen LogP contribution >= 0.6 is 11.6 Å². The van der Waals surface area contributed by atoms with Crippen LogP contribution in [-0.2, 0) is 0 Å². The summed E-state index contributed by atoms with van der Waals surface area (Å²) in [4.78, 5) is 4.34. The van der Waals surface area contributed by atoms with E-state index >= 15 is 0 Å². The van der Waals surface area contributed by atoms with Gasteiger partial charge in [-0.1, -0.05) is 29.8 Å². The van der Waals surface area contributed by atoms with Crippen LogP contribution in [0.4, 0.5) is 0 Å². The Morgan fingerprint density at radius 2 is 1.92 bits per heavy atom. The average molecular weight is 250 g/mol. The summed E-state index contributed by atoms with van der Waals surface area (Å²) in [6.07, 6.45) is 0. The Labute approximate surface area is 95.2 Å². The molecule has 0 bridgehead atoms. The summed E-state index contributed by atoms with van der Waals surface area (Å²) in [5, 5.41) is 1.81. The summed E-state index contributed by atoms with van der Waals surface area (Å²) >= 11 is 5.97. The number of pyridine rings is 1. The normalized spacial score (nSPS) is 9.69. The summed E-state index contributed by atoms with van der Waals surface area (Å²) in [7, 11) is 0. The minimum absolute atomic E-state index is 0. The van der Waals surface area contributed by atoms with Gasteiger partial charge in [-0.25, -0.2) is 0 Å². The number of hydrogen-bond donors (Lipinski definition) is 0. The maximum absolute atomic E-state index is 5.97. The van der Waals surface area contributed by atoms with Gasteiger partial charge in [-0.15, -0.1) is 0 Å². The van der Waals surface area contributed by atoms with Crippen LogP contribution in [0.25, 0.3) is 10.9 Å². The number of fused-ring (bicyclic) bond motifs is 1. The van der Waals surface area contributed by atoms with Gasteiger partial charge in [0.2, 0.25) is 0 Å². The van der Waals surface area contributed by atoms with E-state index in [1.165, 1.54) is 0 Å². The third kappa shape index (κ3) is 2.07. The molecular weight excluding hydrogens is 239 g/mol. The summed E-state index contributed by atoms with van der Waals surface area (Å²) in [6.45, 7) is 1.96. The second kappa shape index (κ2) is 4.18. The predicted octanol–water partition coefficient (Wildman–Crippen LogP) is 2.01. The van der Waals surface area contributed by atoms with Crippen LogP contribution in [0.5, 0.6) is 0 Å². The number of hydrogen-bond acceptors (Lipinski definition) is 1. The zero-order valence-corrected chi connectivity index (χ0v) is 7.47. The van der Waals surface area contributed by atoms with Crippen molar-refractivity contribution in [2.45, 2.75) is 6.92 Å². The molecule has 0 spiro atoms. The van der Waals surface area contributed by atoms with E-state index in [1.807, 2.05) is 37.3 Å². The third-order valence-corrected chi connectivity index (χ3v) is 2.12. The van der Waals surface area contributed by atoms with Crippen molar-refractivity contribution in [3.05, 3.63) is 41.0 Å². The number of para-hydroxylation sites is 1. The van der Waals surface area contributed by atoms with E-state index < -0.39 is 0 Å². The van der Waals surface area contributed by atoms with Crippen molar-refractivity contribution < 1.29 is 0 Å². The number of aryl methyl sites for hydroxylation is 1. The molecular formula is C10H11ClGaN. The Kier molecular flexibility index (Phi) is 3.42. The third-order valence-electron chi connectivity index (χ3n) is 1.81. The van der Waals surface area contributed by atoms with Gasteiger partial charge in [0, 0.05) is 11.1 Å². The number of rotatable bonds is 0. The van der Waals surface area contributed by atoms with Crippen molar-refractivity contribution in [1.82, 2.24) is 4.98 Å². The molecule has 1 nitrogen and oxygen atoms in total. The van der Waals surface area contributed by atoms with E-state index in [-0.39, 0.29) is 19.8 Å². The molecule has 0 unspecified atom stereocenters. The van der Waals surface area contributed by atoms with Crippen LogP contribution in [-0.4, -0.2) is 24.8 Å². The molecule has 0 N–H and O–H groups in total. The molecule has 0 aliphatic carbocycles. The van der Waals surface area contributed by atoms with Gasteiger partial charge >= 0.3 is 19.8 Å². The van der Waals surface area contributed by atoms with Crippen molar-refractivity contribution in [2.75, 3.05) is 0 Å². The van der Waals surface area contributed by atoms with Gasteiger partial charge < -0.3 is 0 Å². The Bertz CT molecular complexity index is 428. The molecule has 0 aliphatic heterocycles. The van der Waals surface area contributed by atoms with Crippen LogP contribution in [0, 0.1) is 6.92 Å². The van der Waals surface area contributed by atoms with Gasteiger partial charge in [0.1, 0.15) is 0 Å². The minimum atomic E-state index is 0. The van der Waals surface area contributed by atoms with Crippen LogP contribution in [0.2, 0.25) is 5.02 Å². The van der Waals surface area contributed by atoms with E-state index in [0.717, 1.165) is 21.6 Å². The molecule has 0 fully saturated rings. The molecule has 0 atom stereocenters. The van der Waals surface area contributed by atoms with Crippen molar-refractivity contribution in [3.63, 3.8) is 0 Å². The monoisotopic (exact) mass is 249 g/mol. The van der Waals surface area contributed by atoms with Crippen molar-refractivity contribution in [2.24, 2.45) is 0 Å². The second-order valence-corrected chi connectivity index (χ2v) is 3.17. The summed E-state index contributed by atoms with van der Waals surface area (Å²) in [5.74, 6) is 0. The molecule has 66 valence electrons. The van der Waals surface area contributed by atoms with Crippen LogP contribution < -0.4 is 0 Å². The predicted molar refractivity (Wildman–Crippen MR) is 61.4 cm³/mol. The standard InChI is InChI=1S/C10H8ClN.Ga.3H/c1-7-5-6-8-3-2-4-9(11)10(8)12-7;;;;/h2-6H,1H3;;;;. The zero-order valence-electron chi connectivity index (χ0n) is 6.71. The SMILES string of the molecule is Cc1ccc2cccc(Cl)c2n1.[GaH3]. The molecule has 13 heavy (non-hydrogen) atoms. The molecule has 1 aromatic heterocycles. The van der Waals surface area contributed by atoms with E-state index in [2.05, 4.69) is 4.98 Å². The number of nitrogens with zero attached hydrogens (tertiary/aromatic N) is 1. The average Bonchev–Trinajstić information content (AvgIpc) is 2.07. The van der Waals surface area contributed by atoms with E-state index in [4.69, 9.17) is 11.6 Å². The van der Waals surface area contributed by atoms with Gasteiger partial charge in [-0.05, 0) is 19.1 Å². The molecule has 1 heterocycles. The van der Waals surface area contributed by atoms with Crippen molar-refractivity contribution in [3.8, 4) is 0 Å². The molecule has 3 heteroatoms. The van der Waals surface area contributed by atoms with Crippen LogP contribution in [0.15, 0.2) is 30.3 Å². The molecule has 0 saturated heterocycles. The van der Waals surface area contributed by atoms with E-state index in [9.17, 15) is 0 Å². The maximum atomic E-state index is 5.97. The van der Waals surface area contributed by atoms with Gasteiger partial charge in [-0.2, -0.15) is 0 Å². The quantitative estimate of drug-likeness (QED) is 0.652. The Morgan fingerprint density at radius 1 is 1.15 bits per heavy atom. The zero-order chi connectivity index (χ0) is 8.55. The first-order valence-electron chi connectivity index (χ1n) is 3.79. The molecule has 0 saturated carbocycles. The summed E-state index contributed by atoms with van der Waals surface area (Å²) in [5.41, 5.74) is 1.88. The van der Waals surface area contributed by atoms with Gasteiger partial charge in [-0.3, -0.25) is 4.98 Å². The fourth-order valence-corrected chi connectivity index (χ4v) is 1.43. The van der Waals surface area contributed by atoms with Crippen LogP contribution in [0.3, 0.4) is 0 Å². The summed E-state index contributed by atoms with van der Waals surface area (Å²) < 4.78 is 0.